The van der Waals surface area contributed by atoms with E-state index in [2.05, 4.69) is 181 Å². The minimum atomic E-state index is -0.452. The number of hydrogen-bond acceptors (Lipinski definition) is 3. The zero-order valence-corrected chi connectivity index (χ0v) is 43.4. The second kappa shape index (κ2) is 17.1. The first-order chi connectivity index (χ1) is 34.5. The van der Waals surface area contributed by atoms with E-state index in [1.54, 1.807) is 0 Å². The standard InChI is InChI=1S/C64H73N3O/c1-39-21-23-41(24-22-39)43-27-28-65-54(35-43)46-30-45(33-47(34-46)60(3,4)5)51-19-18-20-56-57(51)66-59(52-37-50(63(12,13)14)38-53(58(52)68)64(15,16)17)67(56)55-26-25-42(29-40(55)2)44-31-48(61(6,7)8)36-49(32-44)62(9,10)11/h18-38,68H,1-17H3/i21D,22D,23D,24D,27D,28D,35D. The zero-order valence-electron chi connectivity index (χ0n) is 50.4. The molecule has 0 aliphatic heterocycles. The molecular formula is C64H73N3O. The second-order valence-electron chi connectivity index (χ2n) is 23.9. The summed E-state index contributed by atoms with van der Waals surface area (Å²) in [6, 6.07) is 27.8. The number of aryl methyl sites for hydroxylation is 1. The van der Waals surface area contributed by atoms with Gasteiger partial charge in [-0.25, -0.2) is 4.98 Å². The van der Waals surface area contributed by atoms with Crippen molar-refractivity contribution in [3.05, 3.63) is 166 Å². The molecule has 8 rings (SSSR count). The Morgan fingerprint density at radius 1 is 0.500 bits per heavy atom. The van der Waals surface area contributed by atoms with Crippen molar-refractivity contribution in [3.8, 4) is 67.5 Å². The number of para-hydroxylation sites is 1. The zero-order chi connectivity index (χ0) is 55.6. The van der Waals surface area contributed by atoms with Crippen LogP contribution in [0.4, 0.5) is 0 Å². The van der Waals surface area contributed by atoms with Crippen LogP contribution in [0.15, 0.2) is 127 Å². The van der Waals surface area contributed by atoms with Gasteiger partial charge < -0.3 is 5.11 Å². The number of benzene rings is 6. The summed E-state index contributed by atoms with van der Waals surface area (Å²) in [6.07, 6.45) is -0.452. The molecule has 0 bridgehead atoms. The molecule has 0 amide bonds. The minimum Gasteiger partial charge on any atom is -0.507 e. The summed E-state index contributed by atoms with van der Waals surface area (Å²) < 4.78 is 64.6. The molecule has 0 unspecified atom stereocenters. The largest absolute Gasteiger partial charge is 0.507 e. The predicted octanol–water partition coefficient (Wildman–Crippen LogP) is 17.6. The molecule has 0 spiro atoms. The molecule has 8 aromatic rings. The molecule has 0 atom stereocenters. The van der Waals surface area contributed by atoms with Crippen molar-refractivity contribution in [1.29, 1.82) is 0 Å². The number of aromatic hydroxyl groups is 1. The van der Waals surface area contributed by atoms with Gasteiger partial charge in [-0.2, -0.15) is 0 Å². The highest BCUT2D eigenvalue weighted by Crippen LogP contribution is 2.46. The molecule has 0 aliphatic carbocycles. The summed E-state index contributed by atoms with van der Waals surface area (Å²) in [5.74, 6) is 0.736. The molecule has 0 radical (unpaired) electrons. The van der Waals surface area contributed by atoms with Gasteiger partial charge in [-0.1, -0.05) is 182 Å². The van der Waals surface area contributed by atoms with Crippen molar-refractivity contribution >= 4 is 11.0 Å². The summed E-state index contributed by atoms with van der Waals surface area (Å²) in [6.45, 7) is 36.3. The quantitative estimate of drug-likeness (QED) is 0.181. The highest BCUT2D eigenvalue weighted by atomic mass is 16.3. The van der Waals surface area contributed by atoms with Crippen LogP contribution < -0.4 is 0 Å². The van der Waals surface area contributed by atoms with E-state index in [4.69, 9.17) is 13.2 Å². The lowest BCUT2D eigenvalue weighted by atomic mass is 9.78. The van der Waals surface area contributed by atoms with Crippen LogP contribution in [0.1, 0.15) is 152 Å². The molecule has 0 fully saturated rings. The Kier molecular flexibility index (Phi) is 9.96. The molecule has 6 aromatic carbocycles. The first kappa shape index (κ1) is 39.7. The number of pyridine rings is 1. The summed E-state index contributed by atoms with van der Waals surface area (Å²) in [7, 11) is 0. The summed E-state index contributed by atoms with van der Waals surface area (Å²) in [5, 5.41) is 12.6. The molecule has 4 nitrogen and oxygen atoms in total. The SMILES string of the molecule is [2H]c1nc(-c2cc(-c3cccc4c3nc(-c3cc(C(C)(C)C)cc(C(C)(C)C)c3O)n4-c3ccc(-c4cc(C(C)(C)C)cc(C(C)(C)C)c4)cc3C)cc(C(C)(C)C)c2)c([2H])c(-c2c([2H])c([2H])c(C)c([2H])c2[2H])c1[2H]. The van der Waals surface area contributed by atoms with Crippen molar-refractivity contribution in [1.82, 2.24) is 14.5 Å². The van der Waals surface area contributed by atoms with Gasteiger partial charge in [0.15, 0.2) is 0 Å². The molecule has 2 heterocycles. The molecule has 0 aliphatic rings. The lowest BCUT2D eigenvalue weighted by Gasteiger charge is -2.27. The Balaban J connectivity index is 1.44. The van der Waals surface area contributed by atoms with E-state index in [-0.39, 0.29) is 74.6 Å². The maximum atomic E-state index is 12.6. The molecule has 68 heavy (non-hydrogen) atoms. The molecule has 2 aromatic heterocycles. The Bertz CT molecular complexity index is 3570. The van der Waals surface area contributed by atoms with Gasteiger partial charge in [0.2, 0.25) is 0 Å². The Hall–Kier alpha value is -6.26. The van der Waals surface area contributed by atoms with Gasteiger partial charge in [0.25, 0.3) is 0 Å². The van der Waals surface area contributed by atoms with Gasteiger partial charge in [-0.15, -0.1) is 0 Å². The summed E-state index contributed by atoms with van der Waals surface area (Å²) >= 11 is 0. The topological polar surface area (TPSA) is 50.9 Å². The predicted molar refractivity (Wildman–Crippen MR) is 291 cm³/mol. The lowest BCUT2D eigenvalue weighted by Crippen LogP contribution is -2.17. The van der Waals surface area contributed by atoms with Crippen LogP contribution in [-0.4, -0.2) is 19.6 Å². The van der Waals surface area contributed by atoms with Crippen molar-refractivity contribution < 1.29 is 14.7 Å². The van der Waals surface area contributed by atoms with E-state index in [0.717, 1.165) is 55.7 Å². The smallest absolute Gasteiger partial charge is 0.149 e. The third-order valence-corrected chi connectivity index (χ3v) is 13.1. The van der Waals surface area contributed by atoms with E-state index in [1.165, 1.54) is 18.1 Å². The molecular weight excluding hydrogens is 827 g/mol. The van der Waals surface area contributed by atoms with E-state index in [1.807, 2.05) is 24.3 Å². The number of aromatic nitrogens is 3. The Labute approximate surface area is 417 Å². The van der Waals surface area contributed by atoms with Crippen LogP contribution in [0, 0.1) is 13.8 Å². The number of phenols is 1. The Morgan fingerprint density at radius 2 is 1.07 bits per heavy atom. The molecule has 1 N–H and O–H groups in total. The Morgan fingerprint density at radius 3 is 1.66 bits per heavy atom. The molecule has 350 valence electrons. The van der Waals surface area contributed by atoms with Gasteiger partial charge in [0.05, 0.1) is 37.6 Å². The van der Waals surface area contributed by atoms with Gasteiger partial charge in [-0.05, 0) is 145 Å². The highest BCUT2D eigenvalue weighted by Gasteiger charge is 2.30. The summed E-state index contributed by atoms with van der Waals surface area (Å²) in [4.78, 5) is 10.1. The second-order valence-corrected chi connectivity index (χ2v) is 23.9. The van der Waals surface area contributed by atoms with Crippen LogP contribution in [0.25, 0.3) is 72.7 Å². The number of hydrogen-bond donors (Lipinski definition) is 1. The number of phenolic OH excluding ortho intramolecular Hbond substituents is 1. The maximum Gasteiger partial charge on any atom is 0.149 e. The van der Waals surface area contributed by atoms with E-state index in [9.17, 15) is 6.48 Å². The maximum absolute atomic E-state index is 12.6. The first-order valence-electron chi connectivity index (χ1n) is 27.4. The van der Waals surface area contributed by atoms with Crippen molar-refractivity contribution in [2.45, 2.75) is 145 Å². The van der Waals surface area contributed by atoms with Crippen LogP contribution in [0.2, 0.25) is 0 Å². The fourth-order valence-corrected chi connectivity index (χ4v) is 8.74. The fourth-order valence-electron chi connectivity index (χ4n) is 8.74. The van der Waals surface area contributed by atoms with Crippen LogP contribution in [0.5, 0.6) is 5.75 Å². The van der Waals surface area contributed by atoms with Gasteiger partial charge in [-0.3, -0.25) is 9.55 Å². The summed E-state index contributed by atoms with van der Waals surface area (Å²) in [5.41, 5.74) is 12.2. The number of nitrogens with zero attached hydrogens (tertiary/aromatic N) is 3. The lowest BCUT2D eigenvalue weighted by molar-refractivity contribution is 0.446. The molecule has 4 heteroatoms. The third kappa shape index (κ3) is 9.57. The van der Waals surface area contributed by atoms with Crippen molar-refractivity contribution in [3.63, 3.8) is 0 Å². The normalized spacial score (nSPS) is 14.3. The molecule has 0 saturated heterocycles. The third-order valence-electron chi connectivity index (χ3n) is 13.1. The first-order valence-corrected chi connectivity index (χ1v) is 23.9. The van der Waals surface area contributed by atoms with Crippen LogP contribution in [-0.2, 0) is 27.1 Å². The van der Waals surface area contributed by atoms with E-state index < -0.39 is 23.0 Å². The van der Waals surface area contributed by atoms with Crippen molar-refractivity contribution in [2.75, 3.05) is 0 Å². The minimum absolute atomic E-state index is 0.0596. The van der Waals surface area contributed by atoms with Crippen molar-refractivity contribution in [2.24, 2.45) is 0 Å². The number of fused-ring (bicyclic) bond motifs is 1. The average molecular weight is 907 g/mol. The average Bonchev–Trinajstić information content (AvgIpc) is 3.69. The van der Waals surface area contributed by atoms with Gasteiger partial charge in [0, 0.05) is 22.9 Å². The fraction of sp³-hybridized carbons (Fsp3) is 0.344. The molecule has 0 saturated carbocycles. The highest BCUT2D eigenvalue weighted by molar-refractivity contribution is 5.97. The van der Waals surface area contributed by atoms with Crippen LogP contribution in [0.3, 0.4) is 0 Å². The number of rotatable bonds is 6. The van der Waals surface area contributed by atoms with E-state index in [0.29, 0.717) is 22.5 Å². The van der Waals surface area contributed by atoms with Gasteiger partial charge in [0.1, 0.15) is 11.6 Å². The monoisotopic (exact) mass is 907 g/mol. The van der Waals surface area contributed by atoms with Crippen LogP contribution >= 0.6 is 0 Å². The van der Waals surface area contributed by atoms with Gasteiger partial charge >= 0.3 is 0 Å². The van der Waals surface area contributed by atoms with E-state index >= 15 is 0 Å². The number of imidazole rings is 1.